The SMILES string of the molecule is Cc1ccccc1-c1nnc(SC(C)C(=O)N(CCC#N)c2ccccc2)o1. The molecule has 0 spiro atoms. The molecule has 1 atom stereocenters. The highest BCUT2D eigenvalue weighted by molar-refractivity contribution is 8.00. The van der Waals surface area contributed by atoms with E-state index < -0.39 is 5.25 Å². The lowest BCUT2D eigenvalue weighted by Crippen LogP contribution is -2.37. The summed E-state index contributed by atoms with van der Waals surface area (Å²) in [5.74, 6) is 0.326. The third kappa shape index (κ3) is 4.59. The van der Waals surface area contributed by atoms with E-state index in [1.54, 1.807) is 11.8 Å². The summed E-state index contributed by atoms with van der Waals surface area (Å²) in [7, 11) is 0. The van der Waals surface area contributed by atoms with E-state index in [2.05, 4.69) is 16.3 Å². The van der Waals surface area contributed by atoms with Crippen LogP contribution < -0.4 is 4.90 Å². The molecular weight excluding hydrogens is 372 g/mol. The van der Waals surface area contributed by atoms with Gasteiger partial charge in [-0.3, -0.25) is 4.79 Å². The molecule has 0 radical (unpaired) electrons. The molecule has 0 fully saturated rings. The molecule has 0 saturated carbocycles. The van der Waals surface area contributed by atoms with Crippen molar-refractivity contribution < 1.29 is 9.21 Å². The van der Waals surface area contributed by atoms with E-state index in [9.17, 15) is 4.79 Å². The van der Waals surface area contributed by atoms with E-state index in [1.807, 2.05) is 61.5 Å². The lowest BCUT2D eigenvalue weighted by molar-refractivity contribution is -0.117. The molecule has 0 aliphatic carbocycles. The normalized spacial score (nSPS) is 11.6. The fraction of sp³-hybridized carbons (Fsp3) is 0.238. The number of rotatable bonds is 7. The maximum atomic E-state index is 13.0. The van der Waals surface area contributed by atoms with Gasteiger partial charge in [0.15, 0.2) is 0 Å². The molecule has 142 valence electrons. The van der Waals surface area contributed by atoms with Gasteiger partial charge >= 0.3 is 0 Å². The Labute approximate surface area is 168 Å². The molecular formula is C21H20N4O2S. The number of carbonyl (C=O) groups excluding carboxylic acids is 1. The first-order valence-electron chi connectivity index (χ1n) is 8.89. The smallest absolute Gasteiger partial charge is 0.277 e. The number of para-hydroxylation sites is 1. The van der Waals surface area contributed by atoms with Crippen LogP contribution in [-0.4, -0.2) is 27.9 Å². The van der Waals surface area contributed by atoms with Crippen molar-refractivity contribution in [3.63, 3.8) is 0 Å². The Morgan fingerprint density at radius 1 is 1.18 bits per heavy atom. The van der Waals surface area contributed by atoms with Crippen LogP contribution in [0.15, 0.2) is 64.2 Å². The van der Waals surface area contributed by atoms with Crippen molar-refractivity contribution in [2.45, 2.75) is 30.7 Å². The van der Waals surface area contributed by atoms with Gasteiger partial charge in [0.2, 0.25) is 11.8 Å². The summed E-state index contributed by atoms with van der Waals surface area (Å²) in [6.45, 7) is 4.11. The van der Waals surface area contributed by atoms with Crippen LogP contribution in [0.25, 0.3) is 11.5 Å². The highest BCUT2D eigenvalue weighted by atomic mass is 32.2. The molecule has 1 amide bonds. The molecule has 28 heavy (non-hydrogen) atoms. The van der Waals surface area contributed by atoms with Crippen LogP contribution in [-0.2, 0) is 4.79 Å². The monoisotopic (exact) mass is 392 g/mol. The Hall–Kier alpha value is -3.11. The van der Waals surface area contributed by atoms with E-state index >= 15 is 0 Å². The minimum atomic E-state index is -0.441. The Balaban J connectivity index is 1.74. The molecule has 0 aliphatic rings. The highest BCUT2D eigenvalue weighted by Crippen LogP contribution is 2.29. The zero-order valence-electron chi connectivity index (χ0n) is 15.7. The van der Waals surface area contributed by atoms with Crippen molar-refractivity contribution in [1.82, 2.24) is 10.2 Å². The van der Waals surface area contributed by atoms with E-state index in [1.165, 1.54) is 11.8 Å². The van der Waals surface area contributed by atoms with Crippen molar-refractivity contribution >= 4 is 23.4 Å². The summed E-state index contributed by atoms with van der Waals surface area (Å²) < 4.78 is 5.76. The van der Waals surface area contributed by atoms with Crippen LogP contribution in [0.3, 0.4) is 0 Å². The van der Waals surface area contributed by atoms with E-state index in [4.69, 9.17) is 9.68 Å². The van der Waals surface area contributed by atoms with Gasteiger partial charge in [-0.05, 0) is 37.6 Å². The molecule has 1 aromatic heterocycles. The van der Waals surface area contributed by atoms with E-state index in [0.29, 0.717) is 17.7 Å². The zero-order chi connectivity index (χ0) is 19.9. The number of aryl methyl sites for hydroxylation is 1. The lowest BCUT2D eigenvalue weighted by Gasteiger charge is -2.24. The van der Waals surface area contributed by atoms with Gasteiger partial charge in [0, 0.05) is 17.8 Å². The van der Waals surface area contributed by atoms with Gasteiger partial charge < -0.3 is 9.32 Å². The molecule has 0 bridgehead atoms. The first-order valence-corrected chi connectivity index (χ1v) is 9.77. The fourth-order valence-electron chi connectivity index (χ4n) is 2.74. The zero-order valence-corrected chi connectivity index (χ0v) is 16.5. The number of anilines is 1. The molecule has 0 N–H and O–H groups in total. The maximum Gasteiger partial charge on any atom is 0.277 e. The summed E-state index contributed by atoms with van der Waals surface area (Å²) in [6, 6.07) is 19.2. The molecule has 1 heterocycles. The van der Waals surface area contributed by atoms with E-state index in [-0.39, 0.29) is 12.3 Å². The first kappa shape index (κ1) is 19.6. The molecule has 6 nitrogen and oxygen atoms in total. The maximum absolute atomic E-state index is 13.0. The predicted octanol–water partition coefficient (Wildman–Crippen LogP) is 4.47. The molecule has 3 rings (SSSR count). The summed E-state index contributed by atoms with van der Waals surface area (Å²) >= 11 is 1.22. The Morgan fingerprint density at radius 2 is 1.89 bits per heavy atom. The van der Waals surface area contributed by atoms with Gasteiger partial charge in [-0.1, -0.05) is 48.2 Å². The molecule has 1 unspecified atom stereocenters. The topological polar surface area (TPSA) is 83.0 Å². The van der Waals surface area contributed by atoms with Crippen LogP contribution in [0.2, 0.25) is 0 Å². The number of amides is 1. The molecule has 0 saturated heterocycles. The van der Waals surface area contributed by atoms with Crippen molar-refractivity contribution in [2.75, 3.05) is 11.4 Å². The molecule has 2 aromatic carbocycles. The Morgan fingerprint density at radius 3 is 2.61 bits per heavy atom. The number of nitrogens with zero attached hydrogens (tertiary/aromatic N) is 4. The van der Waals surface area contributed by atoms with Gasteiger partial charge in [0.05, 0.1) is 17.7 Å². The number of hydrogen-bond acceptors (Lipinski definition) is 6. The fourth-order valence-corrected chi connectivity index (χ4v) is 3.48. The lowest BCUT2D eigenvalue weighted by atomic mass is 10.1. The molecule has 0 aliphatic heterocycles. The minimum Gasteiger partial charge on any atom is -0.411 e. The number of carbonyl (C=O) groups is 1. The van der Waals surface area contributed by atoms with Crippen LogP contribution >= 0.6 is 11.8 Å². The van der Waals surface area contributed by atoms with Crippen LogP contribution in [0.5, 0.6) is 0 Å². The Kier molecular flexibility index (Phi) is 6.45. The van der Waals surface area contributed by atoms with Crippen molar-refractivity contribution in [1.29, 1.82) is 5.26 Å². The predicted molar refractivity (Wildman–Crippen MR) is 109 cm³/mol. The van der Waals surface area contributed by atoms with Crippen molar-refractivity contribution in [2.24, 2.45) is 0 Å². The van der Waals surface area contributed by atoms with Gasteiger partial charge in [0.1, 0.15) is 0 Å². The third-order valence-corrected chi connectivity index (χ3v) is 5.11. The minimum absolute atomic E-state index is 0.109. The van der Waals surface area contributed by atoms with Crippen LogP contribution in [0.1, 0.15) is 18.9 Å². The number of nitriles is 1. The number of benzene rings is 2. The number of aromatic nitrogens is 2. The standard InChI is InChI=1S/C21H20N4O2S/c1-15-9-6-7-12-18(15)19-23-24-21(27-19)28-16(2)20(26)25(14-8-13-22)17-10-4-3-5-11-17/h3-7,9-12,16H,8,14H2,1-2H3. The van der Waals surface area contributed by atoms with Gasteiger partial charge in [-0.15, -0.1) is 10.2 Å². The van der Waals surface area contributed by atoms with Gasteiger partial charge in [0.25, 0.3) is 5.22 Å². The summed E-state index contributed by atoms with van der Waals surface area (Å²) in [5.41, 5.74) is 2.68. The van der Waals surface area contributed by atoms with E-state index in [0.717, 1.165) is 16.8 Å². The largest absolute Gasteiger partial charge is 0.411 e. The molecule has 7 heteroatoms. The highest BCUT2D eigenvalue weighted by Gasteiger charge is 2.25. The quantitative estimate of drug-likeness (QED) is 0.552. The van der Waals surface area contributed by atoms with Crippen LogP contribution in [0, 0.1) is 18.3 Å². The molecule has 3 aromatic rings. The summed E-state index contributed by atoms with van der Waals surface area (Å²) in [6.07, 6.45) is 0.260. The Bertz CT molecular complexity index is 981. The second kappa shape index (κ2) is 9.20. The van der Waals surface area contributed by atoms with Gasteiger partial charge in [-0.2, -0.15) is 5.26 Å². The number of hydrogen-bond donors (Lipinski definition) is 0. The number of thioether (sulfide) groups is 1. The van der Waals surface area contributed by atoms with Gasteiger partial charge in [-0.25, -0.2) is 0 Å². The average molecular weight is 392 g/mol. The van der Waals surface area contributed by atoms with Crippen molar-refractivity contribution in [3.8, 4) is 17.5 Å². The summed E-state index contributed by atoms with van der Waals surface area (Å²) in [4.78, 5) is 14.6. The average Bonchev–Trinajstić information content (AvgIpc) is 3.17. The second-order valence-electron chi connectivity index (χ2n) is 6.18. The second-order valence-corrected chi connectivity index (χ2v) is 7.47. The van der Waals surface area contributed by atoms with Crippen LogP contribution in [0.4, 0.5) is 5.69 Å². The first-order chi connectivity index (χ1) is 13.6. The van der Waals surface area contributed by atoms with Crippen molar-refractivity contribution in [3.05, 3.63) is 60.2 Å². The third-order valence-electron chi connectivity index (χ3n) is 4.19. The summed E-state index contributed by atoms with van der Waals surface area (Å²) in [5, 5.41) is 17.0.